The van der Waals surface area contributed by atoms with Crippen LogP contribution in [0.3, 0.4) is 0 Å². The normalized spacial score (nSPS) is 11.8. The monoisotopic (exact) mass is 555 g/mol. The predicted octanol–water partition coefficient (Wildman–Crippen LogP) is 6.80. The lowest BCUT2D eigenvalue weighted by atomic mass is 10.1. The molecule has 2 aromatic heterocycles. The number of carbonyl (C=O) groups is 2. The fraction of sp³-hybridized carbons (Fsp3) is 0.125. The summed E-state index contributed by atoms with van der Waals surface area (Å²) in [4.78, 5) is 24.9. The van der Waals surface area contributed by atoms with Gasteiger partial charge in [-0.15, -0.1) is 11.3 Å². The van der Waals surface area contributed by atoms with Crippen LogP contribution in [0.1, 0.15) is 31.3 Å². The molecule has 198 valence electrons. The number of benzene rings is 2. The Kier molecular flexibility index (Phi) is 7.18. The number of methoxy groups -OCH3 is 1. The van der Waals surface area contributed by atoms with Crippen LogP contribution in [-0.4, -0.2) is 28.8 Å². The number of hydrogen-bond acceptors (Lipinski definition) is 6. The van der Waals surface area contributed by atoms with E-state index in [0.717, 1.165) is 24.5 Å². The summed E-state index contributed by atoms with van der Waals surface area (Å²) in [5, 5.41) is 7.19. The number of anilines is 1. The van der Waals surface area contributed by atoms with Gasteiger partial charge in [0.25, 0.3) is 5.91 Å². The second-order valence-electron chi connectivity index (χ2n) is 7.52. The highest BCUT2D eigenvalue weighted by Gasteiger charge is 2.41. The highest BCUT2D eigenvalue weighted by atomic mass is 32.1. The summed E-state index contributed by atoms with van der Waals surface area (Å²) in [6.45, 7) is 0. The van der Waals surface area contributed by atoms with E-state index in [0.29, 0.717) is 23.0 Å². The molecule has 0 saturated heterocycles. The Labute approximate surface area is 214 Å². The topological polar surface area (TPSA) is 82.4 Å². The van der Waals surface area contributed by atoms with Crippen LogP contribution in [-0.2, 0) is 17.1 Å². The zero-order chi connectivity index (χ0) is 27.7. The average Bonchev–Trinajstić information content (AvgIpc) is 3.52. The SMILES string of the molecule is COC(=O)c1sccc1Oc1ccc(C(F)(F)F)cc1NC(=O)c1cnn(-c2ccccc2)c1C(F)(F)F. The van der Waals surface area contributed by atoms with E-state index in [2.05, 4.69) is 15.2 Å². The largest absolute Gasteiger partial charge is 0.465 e. The Morgan fingerprint density at radius 1 is 0.947 bits per heavy atom. The van der Waals surface area contributed by atoms with Crippen LogP contribution < -0.4 is 10.1 Å². The zero-order valence-electron chi connectivity index (χ0n) is 19.1. The maximum Gasteiger partial charge on any atom is 0.434 e. The summed E-state index contributed by atoms with van der Waals surface area (Å²) in [5.41, 5.74) is -4.14. The van der Waals surface area contributed by atoms with Crippen LogP contribution in [0, 0.1) is 0 Å². The molecule has 0 bridgehead atoms. The summed E-state index contributed by atoms with van der Waals surface area (Å²) in [6, 6.07) is 10.6. The van der Waals surface area contributed by atoms with Gasteiger partial charge in [-0.25, -0.2) is 9.48 Å². The number of carbonyl (C=O) groups excluding carboxylic acids is 2. The van der Waals surface area contributed by atoms with E-state index in [4.69, 9.17) is 4.74 Å². The molecule has 0 fully saturated rings. The van der Waals surface area contributed by atoms with Crippen LogP contribution >= 0.6 is 11.3 Å². The van der Waals surface area contributed by atoms with Crippen molar-refractivity contribution >= 4 is 28.9 Å². The molecule has 1 N–H and O–H groups in total. The lowest BCUT2D eigenvalue weighted by molar-refractivity contribution is -0.143. The first-order valence-electron chi connectivity index (χ1n) is 10.5. The van der Waals surface area contributed by atoms with Gasteiger partial charge in [-0.2, -0.15) is 31.4 Å². The molecular formula is C24H15F6N3O4S. The third-order valence-electron chi connectivity index (χ3n) is 5.06. The van der Waals surface area contributed by atoms with E-state index in [-0.39, 0.29) is 22.1 Å². The van der Waals surface area contributed by atoms with E-state index in [9.17, 15) is 35.9 Å². The third kappa shape index (κ3) is 5.49. The van der Waals surface area contributed by atoms with Crippen LogP contribution in [0.25, 0.3) is 5.69 Å². The van der Waals surface area contributed by atoms with Crippen LogP contribution in [0.2, 0.25) is 0 Å². The molecule has 7 nitrogen and oxygen atoms in total. The van der Waals surface area contributed by atoms with Crippen molar-refractivity contribution in [3.63, 3.8) is 0 Å². The summed E-state index contributed by atoms with van der Waals surface area (Å²) in [5.74, 6) is -2.62. The first-order chi connectivity index (χ1) is 17.9. The molecule has 1 amide bonds. The van der Waals surface area contributed by atoms with E-state index >= 15 is 0 Å². The van der Waals surface area contributed by atoms with Crippen LogP contribution in [0.5, 0.6) is 11.5 Å². The minimum Gasteiger partial charge on any atom is -0.465 e. The molecule has 0 unspecified atom stereocenters. The third-order valence-corrected chi connectivity index (χ3v) is 5.93. The molecule has 2 aromatic carbocycles. The molecule has 0 aliphatic heterocycles. The number of hydrogen-bond donors (Lipinski definition) is 1. The van der Waals surface area contributed by atoms with E-state index in [1.807, 2.05) is 0 Å². The van der Waals surface area contributed by atoms with Gasteiger partial charge in [0.2, 0.25) is 0 Å². The van der Waals surface area contributed by atoms with Crippen molar-refractivity contribution in [3.05, 3.63) is 87.9 Å². The quantitative estimate of drug-likeness (QED) is 0.209. The second kappa shape index (κ2) is 10.2. The molecule has 2 heterocycles. The Balaban J connectivity index is 1.76. The summed E-state index contributed by atoms with van der Waals surface area (Å²) >= 11 is 0.928. The van der Waals surface area contributed by atoms with Crippen molar-refractivity contribution in [1.82, 2.24) is 9.78 Å². The Bertz CT molecular complexity index is 1480. The van der Waals surface area contributed by atoms with Crippen molar-refractivity contribution in [3.8, 4) is 17.2 Å². The maximum atomic E-state index is 14.0. The van der Waals surface area contributed by atoms with Crippen molar-refractivity contribution < 1.29 is 45.4 Å². The number of thiophene rings is 1. The van der Waals surface area contributed by atoms with E-state index in [1.165, 1.54) is 35.7 Å². The number of ether oxygens (including phenoxy) is 2. The number of para-hydroxylation sites is 1. The van der Waals surface area contributed by atoms with Crippen molar-refractivity contribution in [2.45, 2.75) is 12.4 Å². The average molecular weight is 555 g/mol. The number of nitrogens with one attached hydrogen (secondary N) is 1. The Morgan fingerprint density at radius 3 is 2.29 bits per heavy atom. The maximum absolute atomic E-state index is 14.0. The van der Waals surface area contributed by atoms with Gasteiger partial charge < -0.3 is 14.8 Å². The van der Waals surface area contributed by atoms with Gasteiger partial charge in [0.1, 0.15) is 0 Å². The molecular weight excluding hydrogens is 540 g/mol. The standard InChI is InChI=1S/C24H15F6N3O4S/c1-36-22(35)19-18(9-10-38-19)37-17-8-7-13(23(25,26)27)11-16(17)32-21(34)15-12-31-33(20(15)24(28,29)30)14-5-3-2-4-6-14/h2-12H,1H3,(H,32,34). The number of aromatic nitrogens is 2. The van der Waals surface area contributed by atoms with Gasteiger partial charge in [-0.05, 0) is 41.8 Å². The molecule has 0 aliphatic rings. The predicted molar refractivity (Wildman–Crippen MR) is 124 cm³/mol. The van der Waals surface area contributed by atoms with Crippen molar-refractivity contribution in [1.29, 1.82) is 0 Å². The molecule has 0 saturated carbocycles. The number of nitrogens with zero attached hydrogens (tertiary/aromatic N) is 2. The van der Waals surface area contributed by atoms with Crippen LogP contribution in [0.4, 0.5) is 32.0 Å². The summed E-state index contributed by atoms with van der Waals surface area (Å²) in [7, 11) is 1.11. The second-order valence-corrected chi connectivity index (χ2v) is 8.44. The number of esters is 1. The van der Waals surface area contributed by atoms with E-state index < -0.39 is 46.7 Å². The fourth-order valence-electron chi connectivity index (χ4n) is 3.37. The molecule has 38 heavy (non-hydrogen) atoms. The highest BCUT2D eigenvalue weighted by molar-refractivity contribution is 7.12. The Morgan fingerprint density at radius 2 is 1.66 bits per heavy atom. The van der Waals surface area contributed by atoms with Gasteiger partial charge in [-0.1, -0.05) is 18.2 Å². The molecule has 4 aromatic rings. The van der Waals surface area contributed by atoms with Crippen molar-refractivity contribution in [2.24, 2.45) is 0 Å². The highest BCUT2D eigenvalue weighted by Crippen LogP contribution is 2.40. The number of rotatable bonds is 6. The van der Waals surface area contributed by atoms with Crippen LogP contribution in [0.15, 0.2) is 66.2 Å². The van der Waals surface area contributed by atoms with Gasteiger partial charge in [0, 0.05) is 0 Å². The smallest absolute Gasteiger partial charge is 0.434 e. The minimum atomic E-state index is -5.04. The minimum absolute atomic E-state index is 0.00904. The molecule has 0 atom stereocenters. The lowest BCUT2D eigenvalue weighted by Gasteiger charge is -2.16. The molecule has 14 heteroatoms. The summed E-state index contributed by atoms with van der Waals surface area (Å²) < 4.78 is 92.8. The van der Waals surface area contributed by atoms with Gasteiger partial charge in [-0.3, -0.25) is 4.79 Å². The molecule has 0 radical (unpaired) electrons. The number of alkyl halides is 6. The van der Waals surface area contributed by atoms with Crippen molar-refractivity contribution in [2.75, 3.05) is 12.4 Å². The first kappa shape index (κ1) is 26.7. The Hall–Kier alpha value is -4.33. The lowest BCUT2D eigenvalue weighted by Crippen LogP contribution is -2.21. The molecule has 0 aliphatic carbocycles. The summed E-state index contributed by atoms with van der Waals surface area (Å²) in [6.07, 6.45) is -9.22. The number of amides is 1. The molecule has 4 rings (SSSR count). The molecule has 0 spiro atoms. The fourth-order valence-corrected chi connectivity index (χ4v) is 4.11. The van der Waals surface area contributed by atoms with Gasteiger partial charge in [0.15, 0.2) is 22.1 Å². The van der Waals surface area contributed by atoms with E-state index in [1.54, 1.807) is 6.07 Å². The zero-order valence-corrected chi connectivity index (χ0v) is 19.9. The van der Waals surface area contributed by atoms with Gasteiger partial charge >= 0.3 is 18.3 Å². The van der Waals surface area contributed by atoms with Gasteiger partial charge in [0.05, 0.1) is 35.8 Å². The number of halogens is 6. The first-order valence-corrected chi connectivity index (χ1v) is 11.3.